The van der Waals surface area contributed by atoms with Crippen LogP contribution in [0.1, 0.15) is 48.0 Å². The first kappa shape index (κ1) is 25.0. The van der Waals surface area contributed by atoms with E-state index in [1.54, 1.807) is 35.6 Å². The molecule has 37 heavy (non-hydrogen) atoms. The van der Waals surface area contributed by atoms with Gasteiger partial charge < -0.3 is 19.5 Å². The van der Waals surface area contributed by atoms with E-state index in [1.807, 2.05) is 24.3 Å². The number of carbonyl (C=O) groups excluding carboxylic acids is 2. The van der Waals surface area contributed by atoms with Gasteiger partial charge in [0, 0.05) is 48.7 Å². The summed E-state index contributed by atoms with van der Waals surface area (Å²) in [5.74, 6) is 0.0366. The quantitative estimate of drug-likeness (QED) is 0.578. The lowest BCUT2D eigenvalue weighted by Crippen LogP contribution is -2.44. The van der Waals surface area contributed by atoms with Crippen molar-refractivity contribution in [2.45, 2.75) is 57.0 Å². The Morgan fingerprint density at radius 1 is 1.03 bits per heavy atom. The molecule has 0 spiro atoms. The summed E-state index contributed by atoms with van der Waals surface area (Å²) in [5.41, 5.74) is 3.55. The molecule has 0 saturated carbocycles. The number of nitrogens with zero attached hydrogens (tertiary/aromatic N) is 4. The Labute approximate surface area is 215 Å². The number of ether oxygens (including phenoxy) is 2. The maximum absolute atomic E-state index is 13.1. The van der Waals surface area contributed by atoms with E-state index in [0.29, 0.717) is 56.7 Å². The van der Waals surface area contributed by atoms with Crippen LogP contribution in [0.2, 0.25) is 0 Å². The van der Waals surface area contributed by atoms with E-state index < -0.39 is 6.10 Å². The Kier molecular flexibility index (Phi) is 7.82. The van der Waals surface area contributed by atoms with Gasteiger partial charge in [0.05, 0.1) is 18.8 Å². The van der Waals surface area contributed by atoms with E-state index >= 15 is 0 Å². The molecule has 2 aliphatic heterocycles. The van der Waals surface area contributed by atoms with Crippen molar-refractivity contribution in [2.75, 3.05) is 13.2 Å². The van der Waals surface area contributed by atoms with E-state index in [2.05, 4.69) is 15.0 Å². The highest BCUT2D eigenvalue weighted by Gasteiger charge is 2.38. The van der Waals surface area contributed by atoms with Gasteiger partial charge in [-0.25, -0.2) is 15.0 Å². The molecule has 1 N–H and O–H groups in total. The van der Waals surface area contributed by atoms with E-state index in [9.17, 15) is 14.7 Å². The molecule has 9 heteroatoms. The van der Waals surface area contributed by atoms with Gasteiger partial charge in [-0.2, -0.15) is 0 Å². The topological polar surface area (TPSA) is 115 Å². The molecular formula is C28H30N4O5. The van der Waals surface area contributed by atoms with E-state index in [1.165, 1.54) is 6.33 Å². The Morgan fingerprint density at radius 2 is 1.84 bits per heavy atom. The summed E-state index contributed by atoms with van der Waals surface area (Å²) in [5, 5.41) is 10.6. The van der Waals surface area contributed by atoms with Gasteiger partial charge in [-0.3, -0.25) is 9.59 Å². The van der Waals surface area contributed by atoms with Gasteiger partial charge in [-0.05, 0) is 42.9 Å². The number of rotatable bonds is 4. The van der Waals surface area contributed by atoms with Crippen molar-refractivity contribution in [3.8, 4) is 17.0 Å². The maximum atomic E-state index is 13.1. The van der Waals surface area contributed by atoms with Crippen molar-refractivity contribution < 1.29 is 24.2 Å². The van der Waals surface area contributed by atoms with Gasteiger partial charge in [0.25, 0.3) is 5.91 Å². The smallest absolute Gasteiger partial charge is 0.251 e. The summed E-state index contributed by atoms with van der Waals surface area (Å²) in [4.78, 5) is 39.6. The summed E-state index contributed by atoms with van der Waals surface area (Å²) in [7, 11) is 0. The number of carbonyl (C=O) groups is 2. The number of pyridine rings is 1. The molecule has 0 radical (unpaired) electrons. The molecule has 0 unspecified atom stereocenters. The molecule has 9 nitrogen and oxygen atoms in total. The summed E-state index contributed by atoms with van der Waals surface area (Å²) < 4.78 is 12.1. The normalized spacial score (nSPS) is 22.7. The molecule has 2 aliphatic rings. The molecule has 0 aliphatic carbocycles. The van der Waals surface area contributed by atoms with Crippen molar-refractivity contribution in [3.05, 3.63) is 72.4 Å². The van der Waals surface area contributed by atoms with Crippen LogP contribution < -0.4 is 4.74 Å². The number of amides is 1. The van der Waals surface area contributed by atoms with Gasteiger partial charge in [0.2, 0.25) is 5.88 Å². The minimum Gasteiger partial charge on any atom is -0.475 e. The minimum atomic E-state index is -1.11. The second-order valence-corrected chi connectivity index (χ2v) is 9.52. The lowest BCUT2D eigenvalue weighted by molar-refractivity contribution is -0.142. The van der Waals surface area contributed by atoms with Crippen molar-refractivity contribution in [2.24, 2.45) is 0 Å². The average Bonchev–Trinajstić information content (AvgIpc) is 3.36. The predicted octanol–water partition coefficient (Wildman–Crippen LogP) is 3.22. The van der Waals surface area contributed by atoms with Crippen LogP contribution >= 0.6 is 0 Å². The van der Waals surface area contributed by atoms with Crippen molar-refractivity contribution in [3.63, 3.8) is 0 Å². The lowest BCUT2D eigenvalue weighted by Gasteiger charge is -2.26. The molecule has 3 atom stereocenters. The molecule has 4 heterocycles. The SMILES string of the molecule is O=C1CCCC[C@H](O)C(=O)N2C[C@@H](OCc3ccc(-c4cncnc4)cc3)C[C@H]2COc2cc1ccn2. The fraction of sp³-hybridized carbons (Fsp3) is 0.393. The standard InChI is InChI=1S/C28H30N4O5/c33-25-3-1-2-4-26(34)28(35)32-15-24(12-23(32)17-37-27-11-21(25)9-10-31-27)36-16-19-5-7-20(8-6-19)22-13-29-18-30-14-22/h5-11,13-14,18,23-24,26,34H,1-4,12,15-17H2/t23-,24-,26-/m0/s1. The zero-order valence-electron chi connectivity index (χ0n) is 20.5. The van der Waals surface area contributed by atoms with Crippen LogP contribution in [0.25, 0.3) is 11.1 Å². The van der Waals surface area contributed by atoms with Crippen LogP contribution in [0.4, 0.5) is 0 Å². The third kappa shape index (κ3) is 6.18. The Morgan fingerprint density at radius 3 is 2.65 bits per heavy atom. The minimum absolute atomic E-state index is 0.00576. The number of benzene rings is 1. The first-order chi connectivity index (χ1) is 18.1. The number of aliphatic hydroxyl groups excluding tert-OH is 1. The van der Waals surface area contributed by atoms with Crippen LogP contribution in [0.3, 0.4) is 0 Å². The number of hydrogen-bond acceptors (Lipinski definition) is 8. The number of hydrogen-bond donors (Lipinski definition) is 1. The monoisotopic (exact) mass is 502 g/mol. The van der Waals surface area contributed by atoms with Crippen LogP contribution in [0.15, 0.2) is 61.3 Å². The Hall–Kier alpha value is -3.69. The first-order valence-electron chi connectivity index (χ1n) is 12.6. The summed E-state index contributed by atoms with van der Waals surface area (Å²) in [6.45, 7) is 0.992. The molecule has 1 fully saturated rings. The molecule has 1 saturated heterocycles. The third-order valence-electron chi connectivity index (χ3n) is 6.89. The highest BCUT2D eigenvalue weighted by molar-refractivity contribution is 5.96. The lowest BCUT2D eigenvalue weighted by atomic mass is 10.0. The summed E-state index contributed by atoms with van der Waals surface area (Å²) >= 11 is 0. The first-order valence-corrected chi connectivity index (χ1v) is 12.6. The van der Waals surface area contributed by atoms with Gasteiger partial charge in [0.1, 0.15) is 19.0 Å². The Balaban J connectivity index is 1.25. The molecule has 3 aromatic rings. The van der Waals surface area contributed by atoms with Gasteiger partial charge in [-0.1, -0.05) is 24.3 Å². The highest BCUT2D eigenvalue weighted by Crippen LogP contribution is 2.26. The fourth-order valence-electron chi connectivity index (χ4n) is 4.80. The maximum Gasteiger partial charge on any atom is 0.251 e. The summed E-state index contributed by atoms with van der Waals surface area (Å²) in [6.07, 6.45) is 7.77. The van der Waals surface area contributed by atoms with E-state index in [4.69, 9.17) is 9.47 Å². The van der Waals surface area contributed by atoms with E-state index in [0.717, 1.165) is 16.7 Å². The molecule has 2 aromatic heterocycles. The van der Waals surface area contributed by atoms with Gasteiger partial charge in [-0.15, -0.1) is 0 Å². The van der Waals surface area contributed by atoms with Gasteiger partial charge >= 0.3 is 0 Å². The van der Waals surface area contributed by atoms with Gasteiger partial charge in [0.15, 0.2) is 5.78 Å². The summed E-state index contributed by atoms with van der Waals surface area (Å²) in [6, 6.07) is 11.1. The zero-order valence-corrected chi connectivity index (χ0v) is 20.5. The molecular weight excluding hydrogens is 472 g/mol. The average molecular weight is 503 g/mol. The predicted molar refractivity (Wildman–Crippen MR) is 135 cm³/mol. The molecule has 1 amide bonds. The fourth-order valence-corrected chi connectivity index (χ4v) is 4.80. The number of aromatic nitrogens is 3. The van der Waals surface area contributed by atoms with E-state index in [-0.39, 0.29) is 30.4 Å². The van der Waals surface area contributed by atoms with Crippen molar-refractivity contribution in [1.82, 2.24) is 19.9 Å². The van der Waals surface area contributed by atoms with Crippen LogP contribution in [-0.4, -0.2) is 68.1 Å². The Bertz CT molecular complexity index is 1220. The molecule has 2 bridgehead atoms. The number of fused-ring (bicyclic) bond motifs is 3. The van der Waals surface area contributed by atoms with Crippen molar-refractivity contribution in [1.29, 1.82) is 0 Å². The number of aliphatic hydroxyl groups is 1. The highest BCUT2D eigenvalue weighted by atomic mass is 16.5. The third-order valence-corrected chi connectivity index (χ3v) is 6.89. The largest absolute Gasteiger partial charge is 0.475 e. The second kappa shape index (κ2) is 11.6. The molecule has 1 aromatic carbocycles. The number of Topliss-reactive ketones (excluding diaryl/α,β-unsaturated/α-hetero) is 1. The van der Waals surface area contributed by atoms with Crippen LogP contribution in [-0.2, 0) is 16.1 Å². The molecule has 5 rings (SSSR count). The van der Waals surface area contributed by atoms with Crippen molar-refractivity contribution >= 4 is 11.7 Å². The number of ketones is 1. The van der Waals surface area contributed by atoms with Crippen LogP contribution in [0, 0.1) is 0 Å². The zero-order chi connectivity index (χ0) is 25.6. The second-order valence-electron chi connectivity index (χ2n) is 9.52. The van der Waals surface area contributed by atoms with Crippen LogP contribution in [0.5, 0.6) is 5.88 Å². The molecule has 192 valence electrons.